The number of nitrogens with zero attached hydrogens (tertiary/aromatic N) is 1. The molecule has 19 heavy (non-hydrogen) atoms. The third-order valence-corrected chi connectivity index (χ3v) is 3.52. The highest BCUT2D eigenvalue weighted by Crippen LogP contribution is 2.21. The van der Waals surface area contributed by atoms with Gasteiger partial charge in [-0.05, 0) is 30.3 Å². The molecule has 0 heterocycles. The summed E-state index contributed by atoms with van der Waals surface area (Å²) in [5, 5.41) is 8.72. The molecule has 2 rings (SSSR count). The molecule has 0 aliphatic rings. The van der Waals surface area contributed by atoms with Crippen LogP contribution in [0, 0.1) is 17.1 Å². The molecule has 0 N–H and O–H groups in total. The topological polar surface area (TPSA) is 67.2 Å². The predicted molar refractivity (Wildman–Crippen MR) is 65.4 cm³/mol. The normalized spacial score (nSPS) is 10.7. The first-order valence-electron chi connectivity index (χ1n) is 5.22. The SMILES string of the molecule is N#Cc1cccc(S(=O)(=O)Oc2ccccc2F)c1. The minimum Gasteiger partial charge on any atom is -0.376 e. The summed E-state index contributed by atoms with van der Waals surface area (Å²) in [6.45, 7) is 0. The summed E-state index contributed by atoms with van der Waals surface area (Å²) >= 11 is 0. The lowest BCUT2D eigenvalue weighted by Crippen LogP contribution is -2.10. The van der Waals surface area contributed by atoms with Crippen LogP contribution in [-0.2, 0) is 10.1 Å². The van der Waals surface area contributed by atoms with Crippen molar-refractivity contribution < 1.29 is 17.0 Å². The molecule has 2 aromatic carbocycles. The number of hydrogen-bond acceptors (Lipinski definition) is 4. The zero-order valence-electron chi connectivity index (χ0n) is 9.58. The van der Waals surface area contributed by atoms with Crippen LogP contribution in [0.15, 0.2) is 53.4 Å². The lowest BCUT2D eigenvalue weighted by molar-refractivity contribution is 0.461. The van der Waals surface area contributed by atoms with E-state index in [-0.39, 0.29) is 16.2 Å². The first kappa shape index (κ1) is 13.1. The molecule has 0 bridgehead atoms. The van der Waals surface area contributed by atoms with Gasteiger partial charge in [0.2, 0.25) is 0 Å². The molecular weight excluding hydrogens is 269 g/mol. The van der Waals surface area contributed by atoms with E-state index in [1.807, 2.05) is 6.07 Å². The lowest BCUT2D eigenvalue weighted by atomic mass is 10.2. The predicted octanol–water partition coefficient (Wildman–Crippen LogP) is 2.47. The molecule has 0 saturated heterocycles. The number of para-hydroxylation sites is 1. The number of hydrogen-bond donors (Lipinski definition) is 0. The van der Waals surface area contributed by atoms with Gasteiger partial charge in [0.25, 0.3) is 0 Å². The Kier molecular flexibility index (Phi) is 3.49. The van der Waals surface area contributed by atoms with Gasteiger partial charge in [0.1, 0.15) is 4.90 Å². The van der Waals surface area contributed by atoms with Crippen LogP contribution in [-0.4, -0.2) is 8.42 Å². The third-order valence-electron chi connectivity index (χ3n) is 2.29. The highest BCUT2D eigenvalue weighted by Gasteiger charge is 2.18. The second-order valence-corrected chi connectivity index (χ2v) is 5.15. The van der Waals surface area contributed by atoms with Crippen molar-refractivity contribution in [2.24, 2.45) is 0 Å². The van der Waals surface area contributed by atoms with Crippen LogP contribution in [0.2, 0.25) is 0 Å². The van der Waals surface area contributed by atoms with E-state index in [0.29, 0.717) is 0 Å². The fraction of sp³-hybridized carbons (Fsp3) is 0. The molecule has 0 unspecified atom stereocenters. The first-order valence-corrected chi connectivity index (χ1v) is 6.63. The van der Waals surface area contributed by atoms with Crippen molar-refractivity contribution in [1.29, 1.82) is 5.26 Å². The zero-order chi connectivity index (χ0) is 13.9. The molecule has 0 radical (unpaired) electrons. The summed E-state index contributed by atoms with van der Waals surface area (Å²) in [5.74, 6) is -1.16. The average Bonchev–Trinajstić information content (AvgIpc) is 2.41. The second-order valence-electron chi connectivity index (χ2n) is 3.61. The first-order chi connectivity index (χ1) is 9.03. The Morgan fingerprint density at radius 1 is 1.11 bits per heavy atom. The molecule has 0 saturated carbocycles. The van der Waals surface area contributed by atoms with Gasteiger partial charge in [-0.2, -0.15) is 13.7 Å². The maximum absolute atomic E-state index is 13.3. The minimum atomic E-state index is -4.16. The Bertz CT molecular complexity index is 750. The van der Waals surface area contributed by atoms with Crippen LogP contribution in [0.5, 0.6) is 5.75 Å². The zero-order valence-corrected chi connectivity index (χ0v) is 10.4. The molecule has 0 aliphatic carbocycles. The van der Waals surface area contributed by atoms with E-state index in [0.717, 1.165) is 12.1 Å². The van der Waals surface area contributed by atoms with Crippen molar-refractivity contribution in [2.45, 2.75) is 4.90 Å². The van der Waals surface area contributed by atoms with Crippen molar-refractivity contribution in [2.75, 3.05) is 0 Å². The molecule has 2 aromatic rings. The van der Waals surface area contributed by atoms with Crippen molar-refractivity contribution in [3.63, 3.8) is 0 Å². The quantitative estimate of drug-likeness (QED) is 0.808. The standard InChI is InChI=1S/C13H8FNO3S/c14-12-6-1-2-7-13(12)18-19(16,17)11-5-3-4-10(8-11)9-15/h1-8H. The fourth-order valence-electron chi connectivity index (χ4n) is 1.40. The van der Waals surface area contributed by atoms with Gasteiger partial charge in [-0.1, -0.05) is 18.2 Å². The summed E-state index contributed by atoms with van der Waals surface area (Å²) < 4.78 is 41.9. The van der Waals surface area contributed by atoms with E-state index in [1.165, 1.54) is 36.4 Å². The number of benzene rings is 2. The largest absolute Gasteiger partial charge is 0.376 e. The van der Waals surface area contributed by atoms with E-state index >= 15 is 0 Å². The van der Waals surface area contributed by atoms with Gasteiger partial charge in [0, 0.05) is 0 Å². The van der Waals surface area contributed by atoms with Crippen molar-refractivity contribution in [3.8, 4) is 11.8 Å². The highest BCUT2D eigenvalue weighted by atomic mass is 32.2. The Morgan fingerprint density at radius 3 is 2.53 bits per heavy atom. The van der Waals surface area contributed by atoms with Crippen LogP contribution in [0.1, 0.15) is 5.56 Å². The Labute approximate surface area is 109 Å². The monoisotopic (exact) mass is 277 g/mol. The molecule has 0 fully saturated rings. The van der Waals surface area contributed by atoms with Crippen molar-refractivity contribution in [3.05, 3.63) is 59.9 Å². The Morgan fingerprint density at radius 2 is 1.84 bits per heavy atom. The van der Waals surface area contributed by atoms with Gasteiger partial charge in [0.15, 0.2) is 11.6 Å². The van der Waals surface area contributed by atoms with Gasteiger partial charge >= 0.3 is 10.1 Å². The van der Waals surface area contributed by atoms with E-state index in [9.17, 15) is 12.8 Å². The van der Waals surface area contributed by atoms with Gasteiger partial charge in [-0.25, -0.2) is 4.39 Å². The lowest BCUT2D eigenvalue weighted by Gasteiger charge is -2.07. The third kappa shape index (κ3) is 2.89. The molecule has 96 valence electrons. The van der Waals surface area contributed by atoms with Crippen LogP contribution in [0.3, 0.4) is 0 Å². The number of nitriles is 1. The molecule has 4 nitrogen and oxygen atoms in total. The van der Waals surface area contributed by atoms with Crippen LogP contribution in [0.4, 0.5) is 4.39 Å². The summed E-state index contributed by atoms with van der Waals surface area (Å²) in [6, 6.07) is 12.3. The van der Waals surface area contributed by atoms with Crippen LogP contribution in [0.25, 0.3) is 0 Å². The van der Waals surface area contributed by atoms with E-state index < -0.39 is 15.9 Å². The van der Waals surface area contributed by atoms with E-state index in [2.05, 4.69) is 0 Å². The summed E-state index contributed by atoms with van der Waals surface area (Å²) in [7, 11) is -4.16. The molecular formula is C13H8FNO3S. The van der Waals surface area contributed by atoms with Crippen LogP contribution >= 0.6 is 0 Å². The maximum Gasteiger partial charge on any atom is 0.339 e. The average molecular weight is 277 g/mol. The van der Waals surface area contributed by atoms with Gasteiger partial charge in [-0.3, -0.25) is 0 Å². The second kappa shape index (κ2) is 5.08. The Hall–Kier alpha value is -2.39. The van der Waals surface area contributed by atoms with Gasteiger partial charge in [0.05, 0.1) is 11.6 Å². The Balaban J connectivity index is 2.39. The molecule has 0 amide bonds. The number of rotatable bonds is 3. The maximum atomic E-state index is 13.3. The summed E-state index contributed by atoms with van der Waals surface area (Å²) in [4.78, 5) is -0.199. The summed E-state index contributed by atoms with van der Waals surface area (Å²) in [5.41, 5.74) is 0.179. The summed E-state index contributed by atoms with van der Waals surface area (Å²) in [6.07, 6.45) is 0. The molecule has 0 spiro atoms. The molecule has 0 aromatic heterocycles. The van der Waals surface area contributed by atoms with Gasteiger partial charge in [-0.15, -0.1) is 0 Å². The van der Waals surface area contributed by atoms with E-state index in [4.69, 9.17) is 9.44 Å². The number of halogens is 1. The van der Waals surface area contributed by atoms with E-state index in [1.54, 1.807) is 0 Å². The smallest absolute Gasteiger partial charge is 0.339 e. The molecule has 0 aliphatic heterocycles. The van der Waals surface area contributed by atoms with Crippen molar-refractivity contribution in [1.82, 2.24) is 0 Å². The van der Waals surface area contributed by atoms with Crippen molar-refractivity contribution >= 4 is 10.1 Å². The minimum absolute atomic E-state index is 0.179. The van der Waals surface area contributed by atoms with Crippen LogP contribution < -0.4 is 4.18 Å². The molecule has 6 heteroatoms. The fourth-order valence-corrected chi connectivity index (χ4v) is 2.38. The molecule has 0 atom stereocenters. The van der Waals surface area contributed by atoms with Gasteiger partial charge < -0.3 is 4.18 Å². The highest BCUT2D eigenvalue weighted by molar-refractivity contribution is 7.87.